The molecule has 0 bridgehead atoms. The van der Waals surface area contributed by atoms with Crippen molar-refractivity contribution in [3.8, 4) is 0 Å². The number of Topliss-reactive ketones (excluding diaryl/α,β-unsaturated/α-hetero) is 1. The molecular weight excluding hydrogens is 220 g/mol. The number of carbonyl (C=O) groups excluding carboxylic acids is 1. The summed E-state index contributed by atoms with van der Waals surface area (Å²) in [5, 5.41) is 9.09. The first kappa shape index (κ1) is 10.6. The fraction of sp³-hybridized carbons (Fsp3) is 0.778. The van der Waals surface area contributed by atoms with E-state index in [1.54, 1.807) is 0 Å². The molecule has 15 heavy (non-hydrogen) atoms. The summed E-state index contributed by atoms with van der Waals surface area (Å²) >= 11 is 0. The number of carboxylic acid groups (broad SMARTS) is 1. The number of ketones is 1. The normalized spacial score (nSPS) is 32.3. The first-order chi connectivity index (χ1) is 6.86. The summed E-state index contributed by atoms with van der Waals surface area (Å²) in [4.78, 5) is 22.0. The molecule has 1 unspecified atom stereocenters. The van der Waals surface area contributed by atoms with Gasteiger partial charge in [0.1, 0.15) is 5.78 Å². The smallest absolute Gasteiger partial charge is 0.310 e. The predicted molar refractivity (Wildman–Crippen MR) is 51.1 cm³/mol. The summed E-state index contributed by atoms with van der Waals surface area (Å²) in [6, 6.07) is 0. The van der Waals surface area contributed by atoms with Gasteiger partial charge in [0.05, 0.1) is 16.9 Å². The Morgan fingerprint density at radius 1 is 1.40 bits per heavy atom. The van der Waals surface area contributed by atoms with Gasteiger partial charge in [-0.3, -0.25) is 9.59 Å². The molecule has 1 heterocycles. The van der Waals surface area contributed by atoms with Crippen LogP contribution in [0.25, 0.3) is 0 Å². The zero-order valence-electron chi connectivity index (χ0n) is 8.10. The molecule has 2 fully saturated rings. The highest BCUT2D eigenvalue weighted by molar-refractivity contribution is 7.91. The lowest BCUT2D eigenvalue weighted by Gasteiger charge is -2.40. The molecule has 0 radical (unpaired) electrons. The molecule has 5 nitrogen and oxygen atoms in total. The average Bonchev–Trinajstić information content (AvgIpc) is 2.39. The van der Waals surface area contributed by atoms with E-state index < -0.39 is 21.2 Å². The maximum Gasteiger partial charge on any atom is 0.310 e. The quantitative estimate of drug-likeness (QED) is 0.715. The van der Waals surface area contributed by atoms with E-state index in [0.29, 0.717) is 6.42 Å². The Bertz CT molecular complexity index is 414. The summed E-state index contributed by atoms with van der Waals surface area (Å²) in [6.07, 6.45) is 0.382. The number of carboxylic acids is 1. The van der Waals surface area contributed by atoms with E-state index in [4.69, 9.17) is 5.11 Å². The van der Waals surface area contributed by atoms with Gasteiger partial charge >= 0.3 is 5.97 Å². The molecule has 84 valence electrons. The molecule has 1 N–H and O–H groups in total. The van der Waals surface area contributed by atoms with Crippen LogP contribution in [0, 0.1) is 11.3 Å². The van der Waals surface area contributed by atoms with Crippen molar-refractivity contribution in [3.05, 3.63) is 0 Å². The molecule has 0 amide bonds. The van der Waals surface area contributed by atoms with E-state index in [0.717, 1.165) is 0 Å². The molecule has 1 atom stereocenters. The lowest BCUT2D eigenvalue weighted by atomic mass is 9.60. The van der Waals surface area contributed by atoms with E-state index in [2.05, 4.69) is 0 Å². The van der Waals surface area contributed by atoms with Crippen molar-refractivity contribution in [2.24, 2.45) is 11.3 Å². The molecule has 1 saturated carbocycles. The molecule has 2 aliphatic rings. The van der Waals surface area contributed by atoms with Gasteiger partial charge in [-0.25, -0.2) is 8.42 Å². The third-order valence-corrected chi connectivity index (χ3v) is 5.23. The summed E-state index contributed by atoms with van der Waals surface area (Å²) in [7, 11) is -3.08. The van der Waals surface area contributed by atoms with Gasteiger partial charge in [-0.05, 0) is 12.3 Å². The lowest BCUT2D eigenvalue weighted by molar-refractivity contribution is -0.165. The van der Waals surface area contributed by atoms with Gasteiger partial charge in [-0.15, -0.1) is 0 Å². The molecular formula is C9H12O5S. The van der Waals surface area contributed by atoms with Crippen LogP contribution in [0.5, 0.6) is 0 Å². The average molecular weight is 232 g/mol. The van der Waals surface area contributed by atoms with Crippen LogP contribution in [0.2, 0.25) is 0 Å². The Morgan fingerprint density at radius 3 is 2.33 bits per heavy atom. The van der Waals surface area contributed by atoms with Crippen LogP contribution in [-0.4, -0.2) is 36.8 Å². The fourth-order valence-corrected chi connectivity index (χ4v) is 4.41. The highest BCUT2D eigenvalue weighted by Crippen LogP contribution is 2.49. The van der Waals surface area contributed by atoms with Gasteiger partial charge in [0.2, 0.25) is 0 Å². The second kappa shape index (κ2) is 3.04. The Labute approximate surface area is 87.4 Å². The third-order valence-electron chi connectivity index (χ3n) is 3.47. The van der Waals surface area contributed by atoms with Gasteiger partial charge in [-0.1, -0.05) is 0 Å². The van der Waals surface area contributed by atoms with Crippen LogP contribution < -0.4 is 0 Å². The molecule has 2 rings (SSSR count). The molecule has 6 heteroatoms. The zero-order chi connectivity index (χ0) is 11.3. The van der Waals surface area contributed by atoms with Crippen molar-refractivity contribution in [2.45, 2.75) is 19.3 Å². The second-order valence-corrected chi connectivity index (χ2v) is 6.68. The van der Waals surface area contributed by atoms with E-state index in [9.17, 15) is 18.0 Å². The standard InChI is InChI=1S/C9H12O5S/c10-7-3-9(4-7,8(11)12)6-1-2-15(13,14)5-6/h6H,1-5H2,(H,11,12). The Hall–Kier alpha value is -0.910. The Balaban J connectivity index is 2.22. The molecule has 1 aliphatic carbocycles. The van der Waals surface area contributed by atoms with E-state index in [1.165, 1.54) is 0 Å². The molecule has 0 aromatic rings. The van der Waals surface area contributed by atoms with Crippen LogP contribution in [0.3, 0.4) is 0 Å². The minimum atomic E-state index is -3.08. The van der Waals surface area contributed by atoms with Gasteiger partial charge in [0.25, 0.3) is 0 Å². The van der Waals surface area contributed by atoms with Crippen molar-refractivity contribution >= 4 is 21.6 Å². The van der Waals surface area contributed by atoms with Crippen LogP contribution in [0.4, 0.5) is 0 Å². The van der Waals surface area contributed by atoms with Crippen LogP contribution >= 0.6 is 0 Å². The highest BCUT2D eigenvalue weighted by atomic mass is 32.2. The first-order valence-electron chi connectivity index (χ1n) is 4.81. The molecule has 1 aliphatic heterocycles. The third kappa shape index (κ3) is 1.56. The molecule has 0 spiro atoms. The number of carbonyl (C=O) groups is 2. The summed E-state index contributed by atoms with van der Waals surface area (Å²) < 4.78 is 22.5. The Morgan fingerprint density at radius 2 is 2.00 bits per heavy atom. The van der Waals surface area contributed by atoms with Gasteiger partial charge in [0, 0.05) is 12.8 Å². The second-order valence-electron chi connectivity index (χ2n) is 4.45. The summed E-state index contributed by atoms with van der Waals surface area (Å²) in [5.74, 6) is -1.50. The summed E-state index contributed by atoms with van der Waals surface area (Å²) in [5.41, 5.74) is -1.08. The number of aliphatic carboxylic acids is 1. The zero-order valence-corrected chi connectivity index (χ0v) is 8.92. The topological polar surface area (TPSA) is 88.5 Å². The van der Waals surface area contributed by atoms with Crippen molar-refractivity contribution in [1.82, 2.24) is 0 Å². The van der Waals surface area contributed by atoms with E-state index in [-0.39, 0.29) is 36.0 Å². The minimum Gasteiger partial charge on any atom is -0.481 e. The monoisotopic (exact) mass is 232 g/mol. The largest absolute Gasteiger partial charge is 0.481 e. The predicted octanol–water partition coefficient (Wildman–Crippen LogP) is -0.145. The van der Waals surface area contributed by atoms with Crippen molar-refractivity contribution < 1.29 is 23.1 Å². The molecule has 1 saturated heterocycles. The maximum absolute atomic E-state index is 11.3. The van der Waals surface area contributed by atoms with Crippen LogP contribution in [-0.2, 0) is 19.4 Å². The molecule has 0 aromatic heterocycles. The Kier molecular flexibility index (Phi) is 2.15. The van der Waals surface area contributed by atoms with Crippen LogP contribution in [0.1, 0.15) is 19.3 Å². The van der Waals surface area contributed by atoms with Crippen molar-refractivity contribution in [2.75, 3.05) is 11.5 Å². The number of hydrogen-bond acceptors (Lipinski definition) is 4. The van der Waals surface area contributed by atoms with Crippen molar-refractivity contribution in [3.63, 3.8) is 0 Å². The molecule has 0 aromatic carbocycles. The van der Waals surface area contributed by atoms with Crippen molar-refractivity contribution in [1.29, 1.82) is 0 Å². The van der Waals surface area contributed by atoms with Gasteiger partial charge < -0.3 is 5.11 Å². The first-order valence-corrected chi connectivity index (χ1v) is 6.63. The van der Waals surface area contributed by atoms with E-state index in [1.807, 2.05) is 0 Å². The highest BCUT2D eigenvalue weighted by Gasteiger charge is 2.57. The SMILES string of the molecule is O=C1CC(C(=O)O)(C2CCS(=O)(=O)C2)C1. The van der Waals surface area contributed by atoms with Gasteiger partial charge in [-0.2, -0.15) is 0 Å². The van der Waals surface area contributed by atoms with Crippen LogP contribution in [0.15, 0.2) is 0 Å². The fourth-order valence-electron chi connectivity index (χ4n) is 2.50. The number of hydrogen-bond donors (Lipinski definition) is 1. The van der Waals surface area contributed by atoms with Gasteiger partial charge in [0.15, 0.2) is 9.84 Å². The number of sulfone groups is 1. The number of rotatable bonds is 2. The lowest BCUT2D eigenvalue weighted by Crippen LogP contribution is -2.50. The maximum atomic E-state index is 11.3. The minimum absolute atomic E-state index is 0.00250. The van der Waals surface area contributed by atoms with E-state index >= 15 is 0 Å². The summed E-state index contributed by atoms with van der Waals surface area (Å²) in [6.45, 7) is 0.